The smallest absolute Gasteiger partial charge is 0.238 e. The normalized spacial score (nSPS) is 17.2. The Morgan fingerprint density at radius 1 is 1.15 bits per heavy atom. The van der Waals surface area contributed by atoms with Crippen molar-refractivity contribution in [3.63, 3.8) is 0 Å². The molecule has 1 aliphatic carbocycles. The van der Waals surface area contributed by atoms with Crippen molar-refractivity contribution >= 4 is 5.91 Å². The molecule has 0 saturated carbocycles. The molecule has 1 N–H and O–H groups in total. The third-order valence-electron chi connectivity index (χ3n) is 4.18. The van der Waals surface area contributed by atoms with E-state index in [9.17, 15) is 4.79 Å². The molecule has 20 heavy (non-hydrogen) atoms. The van der Waals surface area contributed by atoms with Crippen molar-refractivity contribution in [1.29, 1.82) is 0 Å². The number of hydrogen-bond donors (Lipinski definition) is 1. The molecule has 3 heteroatoms. The Kier molecular flexibility index (Phi) is 4.81. The number of nitrogens with zero attached hydrogens (tertiary/aromatic N) is 1. The molecule has 0 spiro atoms. The fourth-order valence-electron chi connectivity index (χ4n) is 2.95. The zero-order chi connectivity index (χ0) is 14.7. The van der Waals surface area contributed by atoms with Crippen LogP contribution in [0.3, 0.4) is 0 Å². The molecule has 0 saturated heterocycles. The minimum Gasteiger partial charge on any atom is -0.347 e. The fourth-order valence-corrected chi connectivity index (χ4v) is 2.95. The van der Waals surface area contributed by atoms with Gasteiger partial charge in [0.2, 0.25) is 5.91 Å². The largest absolute Gasteiger partial charge is 0.347 e. The fraction of sp³-hybridized carbons (Fsp3) is 0.588. The van der Waals surface area contributed by atoms with Gasteiger partial charge >= 0.3 is 0 Å². The van der Waals surface area contributed by atoms with Crippen LogP contribution in [0.15, 0.2) is 18.2 Å². The number of aryl methyl sites for hydroxylation is 2. The molecule has 3 nitrogen and oxygen atoms in total. The van der Waals surface area contributed by atoms with E-state index in [1.54, 1.807) is 19.0 Å². The van der Waals surface area contributed by atoms with E-state index in [1.165, 1.54) is 42.4 Å². The van der Waals surface area contributed by atoms with E-state index in [1.807, 2.05) is 6.92 Å². The lowest BCUT2D eigenvalue weighted by Crippen LogP contribution is -2.42. The summed E-state index contributed by atoms with van der Waals surface area (Å²) in [7, 11) is 3.59. The van der Waals surface area contributed by atoms with Gasteiger partial charge in [-0.2, -0.15) is 0 Å². The molecule has 2 atom stereocenters. The summed E-state index contributed by atoms with van der Waals surface area (Å²) in [6.07, 6.45) is 5.03. The summed E-state index contributed by atoms with van der Waals surface area (Å²) < 4.78 is 0. The highest BCUT2D eigenvalue weighted by molar-refractivity contribution is 5.80. The second-order valence-corrected chi connectivity index (χ2v) is 6.08. The molecule has 0 fully saturated rings. The van der Waals surface area contributed by atoms with Crippen LogP contribution in [0.4, 0.5) is 0 Å². The van der Waals surface area contributed by atoms with Gasteiger partial charge in [-0.15, -0.1) is 0 Å². The summed E-state index contributed by atoms with van der Waals surface area (Å²) in [4.78, 5) is 13.5. The van der Waals surface area contributed by atoms with Crippen LogP contribution < -0.4 is 5.32 Å². The molecule has 110 valence electrons. The van der Waals surface area contributed by atoms with Crippen molar-refractivity contribution in [1.82, 2.24) is 10.2 Å². The third-order valence-corrected chi connectivity index (χ3v) is 4.18. The van der Waals surface area contributed by atoms with Gasteiger partial charge in [0.05, 0.1) is 6.04 Å². The van der Waals surface area contributed by atoms with Crippen molar-refractivity contribution in [2.24, 2.45) is 0 Å². The molecule has 1 aromatic rings. The Morgan fingerprint density at radius 2 is 1.80 bits per heavy atom. The first-order valence-electron chi connectivity index (χ1n) is 7.58. The van der Waals surface area contributed by atoms with Crippen LogP contribution in [0.1, 0.15) is 49.4 Å². The van der Waals surface area contributed by atoms with E-state index < -0.39 is 0 Å². The van der Waals surface area contributed by atoms with Crippen molar-refractivity contribution in [2.75, 3.05) is 14.1 Å². The summed E-state index contributed by atoms with van der Waals surface area (Å²) in [6.45, 7) is 4.06. The number of carbonyl (C=O) groups excluding carboxylic acids is 1. The highest BCUT2D eigenvalue weighted by Gasteiger charge is 2.18. The number of amides is 1. The van der Waals surface area contributed by atoms with Crippen molar-refractivity contribution < 1.29 is 4.79 Å². The lowest BCUT2D eigenvalue weighted by Gasteiger charge is -2.24. The molecule has 0 aromatic heterocycles. The summed E-state index contributed by atoms with van der Waals surface area (Å²) in [6, 6.07) is 6.82. The maximum absolute atomic E-state index is 11.9. The van der Waals surface area contributed by atoms with Gasteiger partial charge in [-0.1, -0.05) is 18.2 Å². The highest BCUT2D eigenvalue weighted by Crippen LogP contribution is 2.24. The molecule has 1 aliphatic rings. The molecular formula is C17H26N2O. The molecule has 2 rings (SSSR count). The number of likely N-dealkylation sites (N-methyl/N-ethyl adjacent to an activating group) is 1. The first kappa shape index (κ1) is 15.0. The zero-order valence-electron chi connectivity index (χ0n) is 13.1. The molecule has 0 aliphatic heterocycles. The predicted octanol–water partition coefficient (Wildman–Crippen LogP) is 2.69. The Morgan fingerprint density at radius 3 is 2.45 bits per heavy atom. The van der Waals surface area contributed by atoms with Gasteiger partial charge in [-0.25, -0.2) is 0 Å². The van der Waals surface area contributed by atoms with Crippen molar-refractivity contribution in [3.8, 4) is 0 Å². The van der Waals surface area contributed by atoms with Crippen LogP contribution >= 0.6 is 0 Å². The van der Waals surface area contributed by atoms with Gasteiger partial charge in [0, 0.05) is 20.1 Å². The SMILES string of the molecule is CC(NC(C)c1ccc2c(c1)CCCC2)C(=O)N(C)C. The highest BCUT2D eigenvalue weighted by atomic mass is 16.2. The van der Waals surface area contributed by atoms with Crippen LogP contribution in [0.2, 0.25) is 0 Å². The minimum atomic E-state index is -0.156. The van der Waals surface area contributed by atoms with E-state index in [0.717, 1.165) is 0 Å². The molecule has 0 bridgehead atoms. The molecule has 0 radical (unpaired) electrons. The number of fused-ring (bicyclic) bond motifs is 1. The number of hydrogen-bond acceptors (Lipinski definition) is 2. The lowest BCUT2D eigenvalue weighted by atomic mass is 9.89. The molecule has 0 heterocycles. The van der Waals surface area contributed by atoms with Gasteiger partial charge in [0.1, 0.15) is 0 Å². The van der Waals surface area contributed by atoms with Gasteiger partial charge in [-0.3, -0.25) is 10.1 Å². The van der Waals surface area contributed by atoms with Crippen LogP contribution in [-0.4, -0.2) is 30.9 Å². The maximum atomic E-state index is 11.9. The van der Waals surface area contributed by atoms with Crippen molar-refractivity contribution in [3.05, 3.63) is 34.9 Å². The summed E-state index contributed by atoms with van der Waals surface area (Å²) in [5.41, 5.74) is 4.28. The van der Waals surface area contributed by atoms with Gasteiger partial charge in [0.15, 0.2) is 0 Å². The summed E-state index contributed by atoms with van der Waals surface area (Å²) in [5.74, 6) is 0.120. The first-order chi connectivity index (χ1) is 9.49. The van der Waals surface area contributed by atoms with E-state index in [2.05, 4.69) is 30.4 Å². The lowest BCUT2D eigenvalue weighted by molar-refractivity contribution is -0.130. The standard InChI is InChI=1S/C17H26N2O/c1-12(18-13(2)17(20)19(3)4)15-10-9-14-7-5-6-8-16(14)11-15/h9-13,18H,5-8H2,1-4H3. The van der Waals surface area contributed by atoms with E-state index in [0.29, 0.717) is 0 Å². The second kappa shape index (κ2) is 6.40. The predicted molar refractivity (Wildman–Crippen MR) is 82.8 cm³/mol. The Bertz CT molecular complexity index is 482. The average molecular weight is 274 g/mol. The second-order valence-electron chi connectivity index (χ2n) is 6.08. The summed E-state index contributed by atoms with van der Waals surface area (Å²) in [5, 5.41) is 3.39. The number of carbonyl (C=O) groups is 1. The van der Waals surface area contributed by atoms with Gasteiger partial charge < -0.3 is 4.90 Å². The van der Waals surface area contributed by atoms with Gasteiger partial charge in [-0.05, 0) is 56.2 Å². The first-order valence-corrected chi connectivity index (χ1v) is 7.58. The molecular weight excluding hydrogens is 248 g/mol. The summed E-state index contributed by atoms with van der Waals surface area (Å²) >= 11 is 0. The third kappa shape index (κ3) is 3.40. The van der Waals surface area contributed by atoms with Gasteiger partial charge in [0.25, 0.3) is 0 Å². The minimum absolute atomic E-state index is 0.120. The zero-order valence-corrected chi connectivity index (χ0v) is 13.1. The topological polar surface area (TPSA) is 32.3 Å². The molecule has 2 unspecified atom stereocenters. The average Bonchev–Trinajstić information content (AvgIpc) is 2.45. The number of rotatable bonds is 4. The van der Waals surface area contributed by atoms with E-state index >= 15 is 0 Å². The van der Waals surface area contributed by atoms with Crippen LogP contribution in [-0.2, 0) is 17.6 Å². The van der Waals surface area contributed by atoms with Crippen LogP contribution in [0, 0.1) is 0 Å². The van der Waals surface area contributed by atoms with Crippen LogP contribution in [0.25, 0.3) is 0 Å². The Labute approximate surface area is 122 Å². The van der Waals surface area contributed by atoms with Crippen LogP contribution in [0.5, 0.6) is 0 Å². The monoisotopic (exact) mass is 274 g/mol. The molecule has 1 amide bonds. The number of nitrogens with one attached hydrogen (secondary N) is 1. The Hall–Kier alpha value is -1.35. The quantitative estimate of drug-likeness (QED) is 0.915. The number of benzene rings is 1. The van der Waals surface area contributed by atoms with E-state index in [-0.39, 0.29) is 18.0 Å². The molecule has 1 aromatic carbocycles. The maximum Gasteiger partial charge on any atom is 0.238 e. The Balaban J connectivity index is 2.05. The van der Waals surface area contributed by atoms with Crippen molar-refractivity contribution in [2.45, 2.75) is 51.6 Å². The van der Waals surface area contributed by atoms with E-state index in [4.69, 9.17) is 0 Å².